The summed E-state index contributed by atoms with van der Waals surface area (Å²) in [6, 6.07) is 9.22. The molecule has 0 bridgehead atoms. The number of methoxy groups -OCH3 is 1. The lowest BCUT2D eigenvalue weighted by molar-refractivity contribution is -0.173. The first-order chi connectivity index (χ1) is 19.0. The van der Waals surface area contributed by atoms with Crippen LogP contribution in [0.1, 0.15) is 48.0 Å². The van der Waals surface area contributed by atoms with Crippen LogP contribution in [0.15, 0.2) is 36.4 Å². The zero-order valence-electron chi connectivity index (χ0n) is 23.2. The molecule has 2 aliphatic rings. The lowest BCUT2D eigenvalue weighted by Crippen LogP contribution is -2.53. The number of anilines is 1. The van der Waals surface area contributed by atoms with Crippen molar-refractivity contribution in [1.82, 2.24) is 14.8 Å². The number of amides is 2. The van der Waals surface area contributed by atoms with Crippen molar-refractivity contribution < 1.29 is 28.2 Å². The predicted octanol–water partition coefficient (Wildman–Crippen LogP) is 4.44. The molecule has 2 amide bonds. The Hall–Kier alpha value is -2.98. The number of carbonyl (C=O) groups is 2. The van der Waals surface area contributed by atoms with Gasteiger partial charge < -0.3 is 24.5 Å². The Kier molecular flexibility index (Phi) is 9.51. The molecule has 2 fully saturated rings. The monoisotopic (exact) mass is 578 g/mol. The Balaban J connectivity index is 1.29. The second kappa shape index (κ2) is 12.7. The molecule has 2 aromatic rings. The zero-order chi connectivity index (χ0) is 29.0. The second-order valence-electron chi connectivity index (χ2n) is 10.9. The largest absolute Gasteiger partial charge is 0.497 e. The average Bonchev–Trinajstić information content (AvgIpc) is 2.96. The summed E-state index contributed by atoms with van der Waals surface area (Å²) < 4.78 is 33.3. The van der Waals surface area contributed by atoms with Gasteiger partial charge >= 0.3 is 0 Å². The maximum absolute atomic E-state index is 14.1. The molecule has 1 aromatic carbocycles. The van der Waals surface area contributed by atoms with Crippen LogP contribution in [0.4, 0.5) is 14.6 Å². The highest BCUT2D eigenvalue weighted by molar-refractivity contribution is 6.32. The molecule has 40 heavy (non-hydrogen) atoms. The maximum Gasteiger partial charge on any atom is 0.280 e. The molecule has 0 saturated carbocycles. The molecular weight excluding hydrogens is 542 g/mol. The molecule has 218 valence electrons. The van der Waals surface area contributed by atoms with Crippen molar-refractivity contribution in [2.75, 3.05) is 52.3 Å². The van der Waals surface area contributed by atoms with Crippen molar-refractivity contribution in [2.45, 2.75) is 44.1 Å². The van der Waals surface area contributed by atoms with Gasteiger partial charge in [-0.25, -0.2) is 13.8 Å². The van der Waals surface area contributed by atoms with E-state index in [-0.39, 0.29) is 16.6 Å². The molecular formula is C29H37ClF2N4O4. The molecule has 1 N–H and O–H groups in total. The number of aromatic nitrogens is 1. The summed E-state index contributed by atoms with van der Waals surface area (Å²) in [5.74, 6) is 0.809. The Bertz CT molecular complexity index is 1200. The quantitative estimate of drug-likeness (QED) is 0.466. The molecule has 4 rings (SSSR count). The molecule has 1 aromatic heterocycles. The fourth-order valence-corrected chi connectivity index (χ4v) is 5.92. The molecule has 2 aliphatic heterocycles. The van der Waals surface area contributed by atoms with Crippen LogP contribution in [0, 0.1) is 11.8 Å². The summed E-state index contributed by atoms with van der Waals surface area (Å²) >= 11 is 6.30. The van der Waals surface area contributed by atoms with Crippen LogP contribution < -0.4 is 9.64 Å². The van der Waals surface area contributed by atoms with E-state index in [1.54, 1.807) is 26.2 Å². The third-order valence-corrected chi connectivity index (χ3v) is 8.42. The van der Waals surface area contributed by atoms with E-state index < -0.39 is 17.9 Å². The Morgan fingerprint density at radius 2 is 1.73 bits per heavy atom. The SMILES string of the molecule is COc1cccc([C@@](O)(C(=O)N2CCC(CC3CCN(c4ccc(C(=O)N(C)C)c(Cl)n4)CC3)CC2)C(F)F)c1. The molecule has 2 saturated heterocycles. The minimum atomic E-state index is -3.27. The van der Waals surface area contributed by atoms with Gasteiger partial charge in [-0.05, 0) is 68.2 Å². The fraction of sp³-hybridized carbons (Fsp3) is 0.552. The van der Waals surface area contributed by atoms with E-state index in [9.17, 15) is 23.5 Å². The van der Waals surface area contributed by atoms with E-state index in [4.69, 9.17) is 16.3 Å². The molecule has 3 heterocycles. The topological polar surface area (TPSA) is 86.2 Å². The number of ether oxygens (including phenoxy) is 1. The number of nitrogens with zero attached hydrogens (tertiary/aromatic N) is 4. The molecule has 11 heteroatoms. The van der Waals surface area contributed by atoms with Gasteiger partial charge in [-0.3, -0.25) is 9.59 Å². The normalized spacial score (nSPS) is 18.5. The molecule has 0 spiro atoms. The van der Waals surface area contributed by atoms with Gasteiger partial charge in [-0.2, -0.15) is 0 Å². The van der Waals surface area contributed by atoms with E-state index in [1.165, 1.54) is 35.1 Å². The van der Waals surface area contributed by atoms with Crippen molar-refractivity contribution in [2.24, 2.45) is 11.8 Å². The van der Waals surface area contributed by atoms with Gasteiger partial charge in [0.1, 0.15) is 16.7 Å². The van der Waals surface area contributed by atoms with Gasteiger partial charge in [0.05, 0.1) is 12.7 Å². The standard InChI is InChI=1S/C29H37ClF2N4O4/c1-34(2)26(37)23-7-8-24(33-25(23)30)35-13-9-19(10-14-35)17-20-11-15-36(16-12-20)28(38)29(39,27(31)32)21-5-4-6-22(18-21)40-3/h4-8,18-20,27,39H,9-17H2,1-3H3/t29-/m0/s1. The third kappa shape index (κ3) is 6.33. The average molecular weight is 579 g/mol. The van der Waals surface area contributed by atoms with E-state index in [0.29, 0.717) is 49.1 Å². The highest BCUT2D eigenvalue weighted by Gasteiger charge is 2.50. The Morgan fingerprint density at radius 1 is 1.10 bits per heavy atom. The summed E-state index contributed by atoms with van der Waals surface area (Å²) in [4.78, 5) is 34.8. The van der Waals surface area contributed by atoms with Crippen molar-refractivity contribution in [3.05, 3.63) is 52.7 Å². The van der Waals surface area contributed by atoms with Crippen molar-refractivity contribution in [1.29, 1.82) is 0 Å². The van der Waals surface area contributed by atoms with Gasteiger partial charge in [-0.1, -0.05) is 23.7 Å². The summed E-state index contributed by atoms with van der Waals surface area (Å²) in [6.07, 6.45) is 1.12. The number of alkyl halides is 2. The zero-order valence-corrected chi connectivity index (χ0v) is 23.9. The highest BCUT2D eigenvalue weighted by atomic mass is 35.5. The number of benzene rings is 1. The van der Waals surface area contributed by atoms with E-state index in [1.807, 2.05) is 6.07 Å². The van der Waals surface area contributed by atoms with E-state index in [2.05, 4.69) is 9.88 Å². The number of hydrogen-bond donors (Lipinski definition) is 1. The van der Waals surface area contributed by atoms with E-state index >= 15 is 0 Å². The first-order valence-corrected chi connectivity index (χ1v) is 14.0. The summed E-state index contributed by atoms with van der Waals surface area (Å²) in [6.45, 7) is 2.33. The van der Waals surface area contributed by atoms with Crippen LogP contribution in [0.3, 0.4) is 0 Å². The van der Waals surface area contributed by atoms with E-state index in [0.717, 1.165) is 38.2 Å². The van der Waals surface area contributed by atoms with Gasteiger partial charge in [0, 0.05) is 45.8 Å². The number of likely N-dealkylation sites (tertiary alicyclic amines) is 1. The van der Waals surface area contributed by atoms with Gasteiger partial charge in [0.15, 0.2) is 0 Å². The predicted molar refractivity (Wildman–Crippen MR) is 149 cm³/mol. The van der Waals surface area contributed by atoms with Crippen molar-refractivity contribution in [3.63, 3.8) is 0 Å². The van der Waals surface area contributed by atoms with Crippen LogP contribution in [-0.2, 0) is 10.4 Å². The van der Waals surface area contributed by atoms with Gasteiger partial charge in [0.25, 0.3) is 18.2 Å². The van der Waals surface area contributed by atoms with Crippen molar-refractivity contribution in [3.8, 4) is 5.75 Å². The highest BCUT2D eigenvalue weighted by Crippen LogP contribution is 2.36. The summed E-state index contributed by atoms with van der Waals surface area (Å²) in [5, 5.41) is 11.1. The van der Waals surface area contributed by atoms with Crippen LogP contribution in [0.25, 0.3) is 0 Å². The minimum Gasteiger partial charge on any atom is -0.497 e. The molecule has 0 aliphatic carbocycles. The number of pyridine rings is 1. The number of carbonyl (C=O) groups excluding carboxylic acids is 2. The molecule has 8 nitrogen and oxygen atoms in total. The van der Waals surface area contributed by atoms with Crippen LogP contribution in [-0.4, -0.2) is 85.5 Å². The lowest BCUT2D eigenvalue weighted by atomic mass is 9.82. The number of hydrogen-bond acceptors (Lipinski definition) is 6. The second-order valence-corrected chi connectivity index (χ2v) is 11.3. The Labute approximate surface area is 238 Å². The smallest absolute Gasteiger partial charge is 0.280 e. The molecule has 0 radical (unpaired) electrons. The number of halogens is 3. The molecule has 1 atom stereocenters. The number of piperidine rings is 2. The first-order valence-electron chi connectivity index (χ1n) is 13.6. The van der Waals surface area contributed by atoms with Crippen LogP contribution in [0.5, 0.6) is 5.75 Å². The van der Waals surface area contributed by atoms with Crippen molar-refractivity contribution >= 4 is 29.2 Å². The first kappa shape index (κ1) is 30.0. The maximum atomic E-state index is 14.1. The Morgan fingerprint density at radius 3 is 2.27 bits per heavy atom. The fourth-order valence-electron chi connectivity index (χ4n) is 5.69. The lowest BCUT2D eigenvalue weighted by Gasteiger charge is -2.39. The summed E-state index contributed by atoms with van der Waals surface area (Å²) in [5.41, 5.74) is -2.70. The van der Waals surface area contributed by atoms with Gasteiger partial charge in [0.2, 0.25) is 5.60 Å². The molecule has 0 unspecified atom stereocenters. The minimum absolute atomic E-state index is 0.171. The van der Waals surface area contributed by atoms with Crippen LogP contribution in [0.2, 0.25) is 5.15 Å². The van der Waals surface area contributed by atoms with Crippen LogP contribution >= 0.6 is 11.6 Å². The number of rotatable bonds is 8. The van der Waals surface area contributed by atoms with Gasteiger partial charge in [-0.15, -0.1) is 0 Å². The number of aliphatic hydroxyl groups is 1. The third-order valence-electron chi connectivity index (χ3n) is 8.13. The summed E-state index contributed by atoms with van der Waals surface area (Å²) in [7, 11) is 4.74.